The maximum atomic E-state index is 12.9. The molecule has 18 heavy (non-hydrogen) atoms. The number of carbonyl (C=O) groups excluding carboxylic acids is 1. The molecule has 0 bridgehead atoms. The molecular weight excluding hydrogens is 235 g/mol. The average molecular weight is 253 g/mol. The van der Waals surface area contributed by atoms with Crippen molar-refractivity contribution in [2.75, 3.05) is 38.2 Å². The molecule has 0 atom stereocenters. The maximum absolute atomic E-state index is 12.9. The number of benzene rings is 1. The molecule has 0 aliphatic carbocycles. The Balaban J connectivity index is 1.74. The summed E-state index contributed by atoms with van der Waals surface area (Å²) in [6.07, 6.45) is 0.450. The number of halogens is 1. The molecule has 1 aromatic carbocycles. The Morgan fingerprint density at radius 3 is 2.89 bits per heavy atom. The van der Waals surface area contributed by atoms with E-state index in [2.05, 4.69) is 5.32 Å². The second-order valence-corrected chi connectivity index (χ2v) is 4.42. The molecular formula is C13H18FN2O2+. The molecule has 1 amide bonds. The first-order chi connectivity index (χ1) is 8.74. The molecule has 2 rings (SSSR count). The molecule has 1 aliphatic heterocycles. The number of rotatable bonds is 4. The van der Waals surface area contributed by atoms with Crippen molar-refractivity contribution in [3.63, 3.8) is 0 Å². The summed E-state index contributed by atoms with van der Waals surface area (Å²) >= 11 is 0. The first-order valence-electron chi connectivity index (χ1n) is 6.21. The van der Waals surface area contributed by atoms with Crippen LogP contribution in [0.25, 0.3) is 0 Å². The number of anilines is 1. The van der Waals surface area contributed by atoms with Gasteiger partial charge in [0.15, 0.2) is 0 Å². The van der Waals surface area contributed by atoms with Crippen LogP contribution in [-0.2, 0) is 9.53 Å². The largest absolute Gasteiger partial charge is 0.370 e. The van der Waals surface area contributed by atoms with E-state index in [1.165, 1.54) is 17.0 Å². The molecule has 1 saturated heterocycles. The summed E-state index contributed by atoms with van der Waals surface area (Å²) < 4.78 is 18.2. The Hall–Kier alpha value is -1.46. The van der Waals surface area contributed by atoms with Crippen LogP contribution in [0.3, 0.4) is 0 Å². The van der Waals surface area contributed by atoms with Gasteiger partial charge < -0.3 is 15.0 Å². The summed E-state index contributed by atoms with van der Waals surface area (Å²) in [4.78, 5) is 13.1. The van der Waals surface area contributed by atoms with Crippen LogP contribution < -0.4 is 10.2 Å². The first kappa shape index (κ1) is 13.0. The van der Waals surface area contributed by atoms with Crippen LogP contribution in [0.2, 0.25) is 0 Å². The summed E-state index contributed by atoms with van der Waals surface area (Å²) in [6.45, 7) is 4.23. The van der Waals surface area contributed by atoms with Crippen LogP contribution >= 0.6 is 0 Å². The van der Waals surface area contributed by atoms with Gasteiger partial charge in [0.25, 0.3) is 0 Å². The van der Waals surface area contributed by atoms with E-state index in [1.54, 1.807) is 12.1 Å². The molecule has 1 fully saturated rings. The van der Waals surface area contributed by atoms with Crippen molar-refractivity contribution in [1.29, 1.82) is 0 Å². The smallest absolute Gasteiger partial charge is 0.230 e. The molecule has 0 saturated carbocycles. The normalized spacial score (nSPS) is 16.5. The van der Waals surface area contributed by atoms with Crippen molar-refractivity contribution in [3.05, 3.63) is 30.1 Å². The van der Waals surface area contributed by atoms with Crippen LogP contribution in [0.1, 0.15) is 6.42 Å². The molecule has 0 radical (unpaired) electrons. The van der Waals surface area contributed by atoms with Crippen molar-refractivity contribution < 1.29 is 18.8 Å². The fourth-order valence-corrected chi connectivity index (χ4v) is 1.99. The lowest BCUT2D eigenvalue weighted by Crippen LogP contribution is -3.14. The number of ether oxygens (including phenoxy) is 1. The number of amides is 1. The monoisotopic (exact) mass is 253 g/mol. The maximum Gasteiger partial charge on any atom is 0.230 e. The van der Waals surface area contributed by atoms with Crippen molar-refractivity contribution in [1.82, 2.24) is 0 Å². The van der Waals surface area contributed by atoms with Crippen LogP contribution in [0.5, 0.6) is 0 Å². The SMILES string of the molecule is O=C(CC[NH+]1CCOCC1)Nc1cccc(F)c1. The third-order valence-electron chi connectivity index (χ3n) is 3.01. The number of hydrogen-bond donors (Lipinski definition) is 2. The van der Waals surface area contributed by atoms with Crippen molar-refractivity contribution >= 4 is 11.6 Å². The van der Waals surface area contributed by atoms with E-state index >= 15 is 0 Å². The quantitative estimate of drug-likeness (QED) is 0.797. The van der Waals surface area contributed by atoms with Crippen LogP contribution in [0.15, 0.2) is 24.3 Å². The molecule has 1 heterocycles. The molecule has 4 nitrogen and oxygen atoms in total. The van der Waals surface area contributed by atoms with E-state index in [0.717, 1.165) is 32.8 Å². The van der Waals surface area contributed by atoms with Gasteiger partial charge >= 0.3 is 0 Å². The van der Waals surface area contributed by atoms with E-state index in [1.807, 2.05) is 0 Å². The number of nitrogens with one attached hydrogen (secondary N) is 2. The Labute approximate surface area is 106 Å². The standard InChI is InChI=1S/C13H17FN2O2/c14-11-2-1-3-12(10-11)15-13(17)4-5-16-6-8-18-9-7-16/h1-3,10H,4-9H2,(H,15,17)/p+1. The third kappa shape index (κ3) is 4.09. The van der Waals surface area contributed by atoms with E-state index < -0.39 is 0 Å². The Bertz CT molecular complexity index is 406. The van der Waals surface area contributed by atoms with Crippen LogP contribution in [0.4, 0.5) is 10.1 Å². The van der Waals surface area contributed by atoms with E-state index in [-0.39, 0.29) is 11.7 Å². The molecule has 0 unspecified atom stereocenters. The van der Waals surface area contributed by atoms with Gasteiger partial charge in [0.2, 0.25) is 5.91 Å². The Morgan fingerprint density at radius 1 is 1.39 bits per heavy atom. The van der Waals surface area contributed by atoms with Gasteiger partial charge in [-0.3, -0.25) is 4.79 Å². The average Bonchev–Trinajstić information content (AvgIpc) is 2.38. The molecule has 0 spiro atoms. The van der Waals surface area contributed by atoms with Gasteiger partial charge in [-0.2, -0.15) is 0 Å². The summed E-state index contributed by atoms with van der Waals surface area (Å²) in [5.41, 5.74) is 0.511. The molecule has 98 valence electrons. The number of carbonyl (C=O) groups is 1. The van der Waals surface area contributed by atoms with Crippen molar-refractivity contribution in [2.45, 2.75) is 6.42 Å². The minimum Gasteiger partial charge on any atom is -0.370 e. The summed E-state index contributed by atoms with van der Waals surface area (Å²) in [6, 6.07) is 5.94. The lowest BCUT2D eigenvalue weighted by Gasteiger charge is -2.23. The fourth-order valence-electron chi connectivity index (χ4n) is 1.99. The van der Waals surface area contributed by atoms with E-state index in [4.69, 9.17) is 4.74 Å². The second kappa shape index (κ2) is 6.47. The highest BCUT2D eigenvalue weighted by Crippen LogP contribution is 2.08. The zero-order valence-corrected chi connectivity index (χ0v) is 10.2. The lowest BCUT2D eigenvalue weighted by molar-refractivity contribution is -0.907. The molecule has 1 aromatic rings. The lowest BCUT2D eigenvalue weighted by atomic mass is 10.3. The Morgan fingerprint density at radius 2 is 2.17 bits per heavy atom. The van der Waals surface area contributed by atoms with Gasteiger partial charge in [-0.15, -0.1) is 0 Å². The van der Waals surface area contributed by atoms with Gasteiger partial charge in [0.05, 0.1) is 26.2 Å². The van der Waals surface area contributed by atoms with Gasteiger partial charge in [-0.25, -0.2) is 4.39 Å². The molecule has 0 aromatic heterocycles. The molecule has 5 heteroatoms. The summed E-state index contributed by atoms with van der Waals surface area (Å²) in [5.74, 6) is -0.411. The highest BCUT2D eigenvalue weighted by molar-refractivity contribution is 5.90. The van der Waals surface area contributed by atoms with E-state index in [9.17, 15) is 9.18 Å². The fraction of sp³-hybridized carbons (Fsp3) is 0.462. The highest BCUT2D eigenvalue weighted by Gasteiger charge is 2.15. The van der Waals surface area contributed by atoms with E-state index in [0.29, 0.717) is 12.1 Å². The van der Waals surface area contributed by atoms with Crippen LogP contribution in [-0.4, -0.2) is 38.8 Å². The second-order valence-electron chi connectivity index (χ2n) is 4.42. The molecule has 2 N–H and O–H groups in total. The Kier molecular flexibility index (Phi) is 4.66. The van der Waals surface area contributed by atoms with Crippen molar-refractivity contribution in [2.24, 2.45) is 0 Å². The van der Waals surface area contributed by atoms with Gasteiger partial charge in [0.1, 0.15) is 18.9 Å². The van der Waals surface area contributed by atoms with Crippen molar-refractivity contribution in [3.8, 4) is 0 Å². The summed E-state index contributed by atoms with van der Waals surface area (Å²) in [5, 5.41) is 2.70. The summed E-state index contributed by atoms with van der Waals surface area (Å²) in [7, 11) is 0. The number of morpholine rings is 1. The third-order valence-corrected chi connectivity index (χ3v) is 3.01. The highest BCUT2D eigenvalue weighted by atomic mass is 19.1. The number of quaternary nitrogens is 1. The number of hydrogen-bond acceptors (Lipinski definition) is 2. The predicted octanol–water partition coefficient (Wildman–Crippen LogP) is 0.0694. The minimum absolute atomic E-state index is 0.0698. The van der Waals surface area contributed by atoms with Gasteiger partial charge in [-0.1, -0.05) is 6.07 Å². The first-order valence-corrected chi connectivity index (χ1v) is 6.21. The van der Waals surface area contributed by atoms with Gasteiger partial charge in [0, 0.05) is 5.69 Å². The topological polar surface area (TPSA) is 42.8 Å². The zero-order chi connectivity index (χ0) is 12.8. The van der Waals surface area contributed by atoms with Gasteiger partial charge in [-0.05, 0) is 18.2 Å². The molecule has 1 aliphatic rings. The van der Waals surface area contributed by atoms with Crippen LogP contribution in [0, 0.1) is 5.82 Å². The minimum atomic E-state index is -0.341. The predicted molar refractivity (Wildman–Crippen MR) is 66.0 cm³/mol. The zero-order valence-electron chi connectivity index (χ0n) is 10.2.